The molecule has 0 saturated carbocycles. The Balaban J connectivity index is 2.38. The summed E-state index contributed by atoms with van der Waals surface area (Å²) in [5.41, 5.74) is 3.46. The summed E-state index contributed by atoms with van der Waals surface area (Å²) >= 11 is 3.53. The number of nitrogens with one attached hydrogen (secondary N) is 1. The highest BCUT2D eigenvalue weighted by molar-refractivity contribution is 9.10. The van der Waals surface area contributed by atoms with Crippen molar-refractivity contribution in [3.8, 4) is 0 Å². The van der Waals surface area contributed by atoms with Gasteiger partial charge in [0.05, 0.1) is 5.52 Å². The normalized spacial score (nSPS) is 12.9. The third kappa shape index (κ3) is 3.09. The molecule has 2 aromatic rings. The molecule has 0 bridgehead atoms. The van der Waals surface area contributed by atoms with E-state index in [-0.39, 0.29) is 0 Å². The molecule has 1 heterocycles. The number of halogens is 1. The molecule has 2 nitrogen and oxygen atoms in total. The highest BCUT2D eigenvalue weighted by Gasteiger charge is 2.06. The van der Waals surface area contributed by atoms with Crippen molar-refractivity contribution in [2.24, 2.45) is 0 Å². The van der Waals surface area contributed by atoms with E-state index in [1.165, 1.54) is 10.9 Å². The van der Waals surface area contributed by atoms with Gasteiger partial charge in [0, 0.05) is 28.1 Å². The van der Waals surface area contributed by atoms with Crippen LogP contribution in [0.25, 0.3) is 10.9 Å². The Morgan fingerprint density at radius 3 is 2.83 bits per heavy atom. The topological polar surface area (TPSA) is 24.9 Å². The van der Waals surface area contributed by atoms with Crippen LogP contribution in [0.4, 0.5) is 0 Å². The zero-order valence-electron chi connectivity index (χ0n) is 11.1. The molecule has 1 unspecified atom stereocenters. The first-order valence-electron chi connectivity index (χ1n) is 6.39. The van der Waals surface area contributed by atoms with Gasteiger partial charge in [-0.1, -0.05) is 22.9 Å². The summed E-state index contributed by atoms with van der Waals surface area (Å²) in [5, 5.41) is 4.77. The Morgan fingerprint density at radius 2 is 2.11 bits per heavy atom. The lowest BCUT2D eigenvalue weighted by Gasteiger charge is -2.13. The molecule has 18 heavy (non-hydrogen) atoms. The van der Waals surface area contributed by atoms with Gasteiger partial charge in [-0.3, -0.25) is 4.98 Å². The fourth-order valence-electron chi connectivity index (χ4n) is 1.99. The van der Waals surface area contributed by atoms with Gasteiger partial charge in [0.25, 0.3) is 0 Å². The largest absolute Gasteiger partial charge is 0.310 e. The van der Waals surface area contributed by atoms with E-state index >= 15 is 0 Å². The Morgan fingerprint density at radius 1 is 1.33 bits per heavy atom. The van der Waals surface area contributed by atoms with Gasteiger partial charge in [-0.25, -0.2) is 0 Å². The number of nitrogens with zero attached hydrogens (tertiary/aromatic N) is 1. The smallest absolute Gasteiger partial charge is 0.0709 e. The minimum atomic E-state index is 0.542. The van der Waals surface area contributed by atoms with Crippen molar-refractivity contribution in [3.63, 3.8) is 0 Å². The highest BCUT2D eigenvalue weighted by atomic mass is 79.9. The van der Waals surface area contributed by atoms with Gasteiger partial charge in [-0.05, 0) is 50.1 Å². The summed E-state index contributed by atoms with van der Waals surface area (Å²) in [4.78, 5) is 4.58. The fourth-order valence-corrected chi connectivity index (χ4v) is 2.35. The Bertz CT molecular complexity index is 551. The first kappa shape index (κ1) is 13.5. The fraction of sp³-hybridized carbons (Fsp3) is 0.400. The van der Waals surface area contributed by atoms with E-state index in [9.17, 15) is 0 Å². The lowest BCUT2D eigenvalue weighted by Crippen LogP contribution is -2.24. The molecule has 0 aliphatic heterocycles. The molecule has 0 fully saturated rings. The molecule has 1 N–H and O–H groups in total. The molecule has 0 aliphatic rings. The zero-order valence-corrected chi connectivity index (χ0v) is 12.7. The van der Waals surface area contributed by atoms with E-state index in [4.69, 9.17) is 0 Å². The van der Waals surface area contributed by atoms with E-state index in [2.05, 4.69) is 58.3 Å². The maximum absolute atomic E-state index is 4.58. The lowest BCUT2D eigenvalue weighted by atomic mass is 10.1. The van der Waals surface area contributed by atoms with Crippen molar-refractivity contribution in [1.29, 1.82) is 0 Å². The van der Waals surface area contributed by atoms with Crippen LogP contribution in [0.3, 0.4) is 0 Å². The minimum absolute atomic E-state index is 0.542. The van der Waals surface area contributed by atoms with Crippen LogP contribution >= 0.6 is 15.9 Å². The molecule has 1 aromatic carbocycles. The summed E-state index contributed by atoms with van der Waals surface area (Å²) in [6, 6.07) is 8.97. The van der Waals surface area contributed by atoms with Gasteiger partial charge in [-0.15, -0.1) is 0 Å². The van der Waals surface area contributed by atoms with Crippen LogP contribution in [0.15, 0.2) is 28.7 Å². The van der Waals surface area contributed by atoms with Crippen molar-refractivity contribution < 1.29 is 0 Å². The van der Waals surface area contributed by atoms with Crippen LogP contribution in [-0.4, -0.2) is 11.0 Å². The summed E-state index contributed by atoms with van der Waals surface area (Å²) in [6.07, 6.45) is 1.14. The quantitative estimate of drug-likeness (QED) is 0.916. The number of aromatic nitrogens is 1. The molecule has 3 heteroatoms. The van der Waals surface area contributed by atoms with E-state index in [1.807, 2.05) is 13.0 Å². The third-order valence-corrected chi connectivity index (χ3v) is 3.73. The highest BCUT2D eigenvalue weighted by Crippen LogP contribution is 2.22. The number of fused-ring (bicyclic) bond motifs is 1. The molecule has 0 radical (unpaired) electrons. The zero-order chi connectivity index (χ0) is 13.1. The molecule has 96 valence electrons. The Hall–Kier alpha value is -0.930. The monoisotopic (exact) mass is 306 g/mol. The van der Waals surface area contributed by atoms with Crippen LogP contribution in [0.1, 0.15) is 31.5 Å². The van der Waals surface area contributed by atoms with Gasteiger partial charge in [0.2, 0.25) is 0 Å². The summed E-state index contributed by atoms with van der Waals surface area (Å²) in [7, 11) is 0. The second-order valence-electron chi connectivity index (χ2n) is 4.77. The molecule has 0 amide bonds. The van der Waals surface area contributed by atoms with E-state index in [0.29, 0.717) is 6.04 Å². The molecule has 1 atom stereocenters. The van der Waals surface area contributed by atoms with Gasteiger partial charge in [0.15, 0.2) is 0 Å². The second kappa shape index (κ2) is 5.81. The van der Waals surface area contributed by atoms with Gasteiger partial charge >= 0.3 is 0 Å². The molecular weight excluding hydrogens is 288 g/mol. The molecule has 2 rings (SSSR count). The van der Waals surface area contributed by atoms with Gasteiger partial charge in [0.1, 0.15) is 0 Å². The van der Waals surface area contributed by atoms with Crippen LogP contribution in [-0.2, 0) is 6.54 Å². The summed E-state index contributed by atoms with van der Waals surface area (Å²) < 4.78 is 1.10. The number of hydrogen-bond donors (Lipinski definition) is 1. The Kier molecular flexibility index (Phi) is 4.36. The predicted molar refractivity (Wildman–Crippen MR) is 80.8 cm³/mol. The van der Waals surface area contributed by atoms with Crippen molar-refractivity contribution in [1.82, 2.24) is 10.3 Å². The number of benzene rings is 1. The first-order valence-corrected chi connectivity index (χ1v) is 7.18. The molecule has 0 spiro atoms. The number of pyridine rings is 1. The number of aryl methyl sites for hydroxylation is 1. The van der Waals surface area contributed by atoms with E-state index in [0.717, 1.165) is 28.6 Å². The second-order valence-corrected chi connectivity index (χ2v) is 5.69. The molecule has 0 aliphatic carbocycles. The number of hydrogen-bond acceptors (Lipinski definition) is 2. The summed E-state index contributed by atoms with van der Waals surface area (Å²) in [5.74, 6) is 0. The van der Waals surface area contributed by atoms with Crippen LogP contribution in [0.5, 0.6) is 0 Å². The average Bonchev–Trinajstić information content (AvgIpc) is 2.36. The summed E-state index contributed by atoms with van der Waals surface area (Å²) in [6.45, 7) is 7.36. The van der Waals surface area contributed by atoms with Crippen molar-refractivity contribution in [3.05, 3.63) is 40.0 Å². The molecular formula is C15H19BrN2. The maximum Gasteiger partial charge on any atom is 0.0709 e. The minimum Gasteiger partial charge on any atom is -0.310 e. The van der Waals surface area contributed by atoms with Crippen LogP contribution < -0.4 is 5.32 Å². The van der Waals surface area contributed by atoms with Gasteiger partial charge in [-0.2, -0.15) is 0 Å². The SMILES string of the molecule is CCC(C)NCc1cc(C)nc2ccc(Br)cc12. The third-order valence-electron chi connectivity index (χ3n) is 3.24. The van der Waals surface area contributed by atoms with Crippen LogP contribution in [0, 0.1) is 6.92 Å². The maximum atomic E-state index is 4.58. The van der Waals surface area contributed by atoms with Crippen molar-refractivity contribution in [2.45, 2.75) is 39.8 Å². The van der Waals surface area contributed by atoms with E-state index < -0.39 is 0 Å². The Labute approximate surface area is 117 Å². The molecule has 0 saturated heterocycles. The van der Waals surface area contributed by atoms with Crippen molar-refractivity contribution >= 4 is 26.8 Å². The molecule has 1 aromatic heterocycles. The first-order chi connectivity index (χ1) is 8.60. The van der Waals surface area contributed by atoms with Gasteiger partial charge < -0.3 is 5.32 Å². The van der Waals surface area contributed by atoms with Crippen LogP contribution in [0.2, 0.25) is 0 Å². The standard InChI is InChI=1S/C15H19BrN2/c1-4-10(2)17-9-12-7-11(3)18-15-6-5-13(16)8-14(12)15/h5-8,10,17H,4,9H2,1-3H3. The number of rotatable bonds is 4. The lowest BCUT2D eigenvalue weighted by molar-refractivity contribution is 0.535. The van der Waals surface area contributed by atoms with Crippen molar-refractivity contribution in [2.75, 3.05) is 0 Å². The average molecular weight is 307 g/mol. The van der Waals surface area contributed by atoms with E-state index in [1.54, 1.807) is 0 Å². The predicted octanol–water partition coefficient (Wildman–Crippen LogP) is 4.19.